The van der Waals surface area contributed by atoms with Crippen molar-refractivity contribution in [3.8, 4) is 5.75 Å². The first-order valence-electron chi connectivity index (χ1n) is 6.70. The zero-order valence-corrected chi connectivity index (χ0v) is 13.1. The van der Waals surface area contributed by atoms with E-state index in [2.05, 4.69) is 28.1 Å². The Kier molecular flexibility index (Phi) is 5.75. The molecule has 0 bridgehead atoms. The van der Waals surface area contributed by atoms with Crippen LogP contribution in [0.2, 0.25) is 0 Å². The monoisotopic (exact) mass is 349 g/mol. The minimum Gasteiger partial charge on any atom is -0.493 e. The molecule has 0 spiro atoms. The number of halogens is 1. The van der Waals surface area contributed by atoms with Crippen LogP contribution in [0.4, 0.5) is 5.69 Å². The van der Waals surface area contributed by atoms with Gasteiger partial charge in [-0.2, -0.15) is 0 Å². The van der Waals surface area contributed by atoms with Gasteiger partial charge in [-0.1, -0.05) is 46.3 Å². The molecule has 0 amide bonds. The predicted octanol–water partition coefficient (Wildman–Crippen LogP) is 4.50. The van der Waals surface area contributed by atoms with Crippen LogP contribution in [0, 0.1) is 10.1 Å². The lowest BCUT2D eigenvalue weighted by atomic mass is 10.1. The van der Waals surface area contributed by atoms with E-state index in [1.54, 1.807) is 12.1 Å². The van der Waals surface area contributed by atoms with Crippen molar-refractivity contribution in [2.45, 2.75) is 18.2 Å². The summed E-state index contributed by atoms with van der Waals surface area (Å²) >= 11 is 3.33. The molecular formula is C16H16BrNO3. The van der Waals surface area contributed by atoms with E-state index >= 15 is 0 Å². The molecule has 2 rings (SSSR count). The van der Waals surface area contributed by atoms with Gasteiger partial charge < -0.3 is 4.74 Å². The average molecular weight is 350 g/mol. The summed E-state index contributed by atoms with van der Waals surface area (Å²) in [6, 6.07) is 14.9. The molecule has 0 atom stereocenters. The van der Waals surface area contributed by atoms with Crippen molar-refractivity contribution < 1.29 is 9.66 Å². The summed E-state index contributed by atoms with van der Waals surface area (Å²) in [5.41, 5.74) is 2.16. The van der Waals surface area contributed by atoms with Gasteiger partial charge in [0.1, 0.15) is 5.75 Å². The van der Waals surface area contributed by atoms with Crippen LogP contribution in [0.1, 0.15) is 17.5 Å². The van der Waals surface area contributed by atoms with Crippen LogP contribution < -0.4 is 4.74 Å². The Bertz CT molecular complexity index is 602. The van der Waals surface area contributed by atoms with Gasteiger partial charge in [-0.15, -0.1) is 0 Å². The summed E-state index contributed by atoms with van der Waals surface area (Å²) in [4.78, 5) is 10.3. The maximum atomic E-state index is 10.7. The topological polar surface area (TPSA) is 52.4 Å². The molecule has 0 aliphatic heterocycles. The summed E-state index contributed by atoms with van der Waals surface area (Å²) in [6.07, 6.45) is 1.86. The van der Waals surface area contributed by atoms with E-state index in [1.807, 2.05) is 18.2 Å². The molecule has 110 valence electrons. The van der Waals surface area contributed by atoms with Gasteiger partial charge in [0.2, 0.25) is 0 Å². The second kappa shape index (κ2) is 7.78. The van der Waals surface area contributed by atoms with Crippen molar-refractivity contribution in [1.82, 2.24) is 0 Å². The summed E-state index contributed by atoms with van der Waals surface area (Å²) in [6.45, 7) is 0.590. The van der Waals surface area contributed by atoms with Crippen molar-refractivity contribution >= 4 is 21.6 Å². The van der Waals surface area contributed by atoms with Crippen molar-refractivity contribution in [3.05, 3.63) is 69.8 Å². The average Bonchev–Trinajstić information content (AvgIpc) is 2.52. The van der Waals surface area contributed by atoms with Crippen molar-refractivity contribution in [1.29, 1.82) is 0 Å². The highest BCUT2D eigenvalue weighted by molar-refractivity contribution is 9.08. The number of hydrogen-bond donors (Lipinski definition) is 0. The summed E-state index contributed by atoms with van der Waals surface area (Å²) in [5, 5.41) is 11.3. The Morgan fingerprint density at radius 1 is 1.14 bits per heavy atom. The van der Waals surface area contributed by atoms with Gasteiger partial charge in [0.15, 0.2) is 0 Å². The normalized spacial score (nSPS) is 10.3. The zero-order valence-electron chi connectivity index (χ0n) is 11.5. The van der Waals surface area contributed by atoms with Gasteiger partial charge in [0.25, 0.3) is 5.69 Å². The first kappa shape index (κ1) is 15.5. The molecule has 2 aromatic rings. The quantitative estimate of drug-likeness (QED) is 0.320. The number of ether oxygens (including phenoxy) is 1. The van der Waals surface area contributed by atoms with Crippen LogP contribution in [0.15, 0.2) is 48.5 Å². The second-order valence-corrected chi connectivity index (χ2v) is 5.18. The Labute approximate surface area is 132 Å². The third kappa shape index (κ3) is 4.56. The molecular weight excluding hydrogens is 334 g/mol. The molecule has 0 N–H and O–H groups in total. The first-order valence-corrected chi connectivity index (χ1v) is 7.83. The molecule has 0 aliphatic rings. The highest BCUT2D eigenvalue weighted by Gasteiger charge is 2.10. The minimum atomic E-state index is -0.397. The molecule has 5 heteroatoms. The third-order valence-electron chi connectivity index (χ3n) is 3.11. The number of benzene rings is 2. The molecule has 0 aromatic heterocycles. The van der Waals surface area contributed by atoms with E-state index in [1.165, 1.54) is 11.6 Å². The molecule has 2 aromatic carbocycles. The Morgan fingerprint density at radius 3 is 2.57 bits per heavy atom. The number of rotatable bonds is 7. The Balaban J connectivity index is 1.89. The van der Waals surface area contributed by atoms with E-state index in [-0.39, 0.29) is 5.69 Å². The second-order valence-electron chi connectivity index (χ2n) is 4.62. The van der Waals surface area contributed by atoms with Gasteiger partial charge in [0.05, 0.1) is 11.5 Å². The van der Waals surface area contributed by atoms with E-state index in [0.29, 0.717) is 17.7 Å². The van der Waals surface area contributed by atoms with E-state index < -0.39 is 4.92 Å². The van der Waals surface area contributed by atoms with E-state index in [0.717, 1.165) is 18.4 Å². The van der Waals surface area contributed by atoms with Gasteiger partial charge >= 0.3 is 0 Å². The molecule has 0 fully saturated rings. The smallest absolute Gasteiger partial charge is 0.270 e. The number of hydrogen-bond acceptors (Lipinski definition) is 3. The lowest BCUT2D eigenvalue weighted by molar-refractivity contribution is -0.384. The van der Waals surface area contributed by atoms with Crippen LogP contribution in [0.25, 0.3) is 0 Å². The highest BCUT2D eigenvalue weighted by Crippen LogP contribution is 2.26. The molecule has 0 heterocycles. The largest absolute Gasteiger partial charge is 0.493 e. The van der Waals surface area contributed by atoms with Gasteiger partial charge in [-0.3, -0.25) is 10.1 Å². The van der Waals surface area contributed by atoms with Crippen LogP contribution >= 0.6 is 15.9 Å². The Hall–Kier alpha value is -1.88. The standard InChI is InChI=1S/C16H16BrNO3/c17-12-14-11-15(18(19)20)8-9-16(14)21-10-4-7-13-5-2-1-3-6-13/h1-3,5-6,8-9,11H,4,7,10,12H2. The van der Waals surface area contributed by atoms with Crippen molar-refractivity contribution in [2.24, 2.45) is 0 Å². The fraction of sp³-hybridized carbons (Fsp3) is 0.250. The Morgan fingerprint density at radius 2 is 1.90 bits per heavy atom. The number of nitrogens with zero attached hydrogens (tertiary/aromatic N) is 1. The molecule has 0 saturated heterocycles. The molecule has 4 nitrogen and oxygen atoms in total. The summed E-state index contributed by atoms with van der Waals surface area (Å²) in [5.74, 6) is 0.700. The summed E-state index contributed by atoms with van der Waals surface area (Å²) in [7, 11) is 0. The van der Waals surface area contributed by atoms with E-state index in [9.17, 15) is 10.1 Å². The number of nitro groups is 1. The molecule has 0 unspecified atom stereocenters. The SMILES string of the molecule is O=[N+]([O-])c1ccc(OCCCc2ccccc2)c(CBr)c1. The van der Waals surface area contributed by atoms with Crippen LogP contribution in [0.3, 0.4) is 0 Å². The summed E-state index contributed by atoms with van der Waals surface area (Å²) < 4.78 is 5.73. The number of alkyl halides is 1. The molecule has 0 saturated carbocycles. The van der Waals surface area contributed by atoms with Gasteiger partial charge in [-0.05, 0) is 24.5 Å². The van der Waals surface area contributed by atoms with Gasteiger partial charge in [0, 0.05) is 23.0 Å². The minimum absolute atomic E-state index is 0.0843. The lowest BCUT2D eigenvalue weighted by Crippen LogP contribution is -2.02. The molecule has 0 radical (unpaired) electrons. The van der Waals surface area contributed by atoms with Crippen LogP contribution in [-0.2, 0) is 11.8 Å². The third-order valence-corrected chi connectivity index (χ3v) is 3.71. The number of nitro benzene ring substituents is 1. The number of aryl methyl sites for hydroxylation is 1. The maximum absolute atomic E-state index is 10.7. The first-order chi connectivity index (χ1) is 10.2. The van der Waals surface area contributed by atoms with Crippen molar-refractivity contribution in [3.63, 3.8) is 0 Å². The van der Waals surface area contributed by atoms with Crippen molar-refractivity contribution in [2.75, 3.05) is 6.61 Å². The van der Waals surface area contributed by atoms with E-state index in [4.69, 9.17) is 4.74 Å². The zero-order chi connectivity index (χ0) is 15.1. The van der Waals surface area contributed by atoms with Gasteiger partial charge in [-0.25, -0.2) is 0 Å². The lowest BCUT2D eigenvalue weighted by Gasteiger charge is -2.10. The van der Waals surface area contributed by atoms with Crippen LogP contribution in [0.5, 0.6) is 5.75 Å². The predicted molar refractivity (Wildman–Crippen MR) is 86.0 cm³/mol. The number of non-ortho nitro benzene ring substituents is 1. The molecule has 0 aliphatic carbocycles. The fourth-order valence-electron chi connectivity index (χ4n) is 2.03. The van der Waals surface area contributed by atoms with Crippen LogP contribution in [-0.4, -0.2) is 11.5 Å². The molecule has 21 heavy (non-hydrogen) atoms. The fourth-order valence-corrected chi connectivity index (χ4v) is 2.47. The maximum Gasteiger partial charge on any atom is 0.270 e. The highest BCUT2D eigenvalue weighted by atomic mass is 79.9.